The van der Waals surface area contributed by atoms with Gasteiger partial charge in [-0.1, -0.05) is 56.3 Å². The van der Waals surface area contributed by atoms with Crippen molar-refractivity contribution in [3.05, 3.63) is 103 Å². The molecule has 0 saturated heterocycles. The Balaban J connectivity index is 1.95. The second-order valence-corrected chi connectivity index (χ2v) is 11.6. The van der Waals surface area contributed by atoms with E-state index in [1.807, 2.05) is 19.9 Å². The van der Waals surface area contributed by atoms with E-state index in [0.717, 1.165) is 0 Å². The van der Waals surface area contributed by atoms with Gasteiger partial charge in [0.1, 0.15) is 18.1 Å². The number of aliphatic hydroxyl groups is 1. The lowest BCUT2D eigenvalue weighted by atomic mass is 10.1. The number of nitrogens with zero attached hydrogens (tertiary/aromatic N) is 1. The molecule has 4 aromatic carbocycles. The van der Waals surface area contributed by atoms with Gasteiger partial charge in [-0.25, -0.2) is 8.42 Å². The lowest BCUT2D eigenvalue weighted by Gasteiger charge is -2.29. The summed E-state index contributed by atoms with van der Waals surface area (Å²) in [5.41, 5.74) is 0.801. The van der Waals surface area contributed by atoms with Gasteiger partial charge in [-0.15, -0.1) is 0 Å². The minimum atomic E-state index is -4.12. The van der Waals surface area contributed by atoms with Crippen LogP contribution >= 0.6 is 0 Å². The van der Waals surface area contributed by atoms with Crippen LogP contribution in [0.1, 0.15) is 24.2 Å². The van der Waals surface area contributed by atoms with Crippen LogP contribution in [0.2, 0.25) is 0 Å². The molecule has 2 N–H and O–H groups in total. The average Bonchev–Trinajstić information content (AvgIpc) is 3.00. The number of rotatable bonds is 13. The van der Waals surface area contributed by atoms with Crippen LogP contribution in [0.5, 0.6) is 23.0 Å². The molecule has 0 aliphatic heterocycles. The fourth-order valence-corrected chi connectivity index (χ4v) is 5.80. The first kappa shape index (κ1) is 30.4. The van der Waals surface area contributed by atoms with E-state index >= 15 is 0 Å². The van der Waals surface area contributed by atoms with E-state index in [1.165, 1.54) is 35.7 Å². The number of amides is 1. The smallest absolute Gasteiger partial charge is 0.264 e. The topological polar surface area (TPSA) is 114 Å². The van der Waals surface area contributed by atoms with Crippen molar-refractivity contribution in [1.29, 1.82) is 0 Å². The van der Waals surface area contributed by atoms with Gasteiger partial charge in [0.15, 0.2) is 11.5 Å². The van der Waals surface area contributed by atoms with Crippen LogP contribution in [-0.4, -0.2) is 46.3 Å². The third kappa shape index (κ3) is 7.39. The summed E-state index contributed by atoms with van der Waals surface area (Å²) in [5.74, 6) is 0.449. The summed E-state index contributed by atoms with van der Waals surface area (Å²) in [6, 6.07) is 26.7. The molecule has 0 unspecified atom stereocenters. The predicted molar refractivity (Wildman–Crippen MR) is 162 cm³/mol. The number of anilines is 2. The third-order valence-electron chi connectivity index (χ3n) is 6.07. The highest BCUT2D eigenvalue weighted by molar-refractivity contribution is 7.92. The van der Waals surface area contributed by atoms with Gasteiger partial charge in [0, 0.05) is 23.9 Å². The molecule has 9 nitrogen and oxygen atoms in total. The number of ether oxygens (including phenoxy) is 3. The number of benzene rings is 4. The Morgan fingerprint density at radius 2 is 1.57 bits per heavy atom. The fraction of sp³-hybridized carbons (Fsp3) is 0.219. The standard InChI is InChI=1S/C32H34N2O7S/c1-23(2)22-34(42(37,38)28-15-8-5-9-16-28)29-19-24(32(36)33-25-11-6-4-7-12-25)20-30(40-18-17-35)31(29)41-27-14-10-13-26(21-27)39-3/h4-16,19-21,23,35H,17-18,22H2,1-3H3,(H,33,36). The molecule has 0 atom stereocenters. The molecular weight excluding hydrogens is 556 g/mol. The number of hydrogen-bond donors (Lipinski definition) is 2. The Hall–Kier alpha value is -4.54. The second kappa shape index (κ2) is 13.9. The zero-order valence-electron chi connectivity index (χ0n) is 23.7. The molecule has 0 radical (unpaired) electrons. The highest BCUT2D eigenvalue weighted by atomic mass is 32.2. The van der Waals surface area contributed by atoms with E-state index in [1.54, 1.807) is 66.7 Å². The molecule has 0 spiro atoms. The molecule has 0 heterocycles. The maximum atomic E-state index is 14.1. The first-order valence-electron chi connectivity index (χ1n) is 13.4. The minimum Gasteiger partial charge on any atom is -0.497 e. The molecule has 1 amide bonds. The highest BCUT2D eigenvalue weighted by Gasteiger charge is 2.31. The van der Waals surface area contributed by atoms with Crippen molar-refractivity contribution in [2.24, 2.45) is 5.92 Å². The van der Waals surface area contributed by atoms with E-state index in [0.29, 0.717) is 17.2 Å². The number of carbonyl (C=O) groups excluding carboxylic acids is 1. The first-order valence-corrected chi connectivity index (χ1v) is 14.8. The van der Waals surface area contributed by atoms with Crippen molar-refractivity contribution in [2.45, 2.75) is 18.7 Å². The van der Waals surface area contributed by atoms with Crippen LogP contribution in [0.15, 0.2) is 102 Å². The third-order valence-corrected chi connectivity index (χ3v) is 7.86. The van der Waals surface area contributed by atoms with Gasteiger partial charge in [0.25, 0.3) is 15.9 Å². The van der Waals surface area contributed by atoms with Crippen molar-refractivity contribution >= 4 is 27.3 Å². The monoisotopic (exact) mass is 590 g/mol. The SMILES string of the molecule is COc1cccc(Oc2c(OCCO)cc(C(=O)Nc3ccccc3)cc2N(CC(C)C)S(=O)(=O)c2ccccc2)c1. The van der Waals surface area contributed by atoms with Crippen LogP contribution in [0.25, 0.3) is 0 Å². The van der Waals surface area contributed by atoms with Crippen molar-refractivity contribution in [3.8, 4) is 23.0 Å². The lowest BCUT2D eigenvalue weighted by Crippen LogP contribution is -2.35. The van der Waals surface area contributed by atoms with Gasteiger partial charge in [0.05, 0.1) is 24.3 Å². The van der Waals surface area contributed by atoms with E-state index < -0.39 is 15.9 Å². The summed E-state index contributed by atoms with van der Waals surface area (Å²) >= 11 is 0. The zero-order valence-corrected chi connectivity index (χ0v) is 24.5. The predicted octanol–water partition coefficient (Wildman–Crippen LogP) is 5.96. The molecule has 0 saturated carbocycles. The maximum absolute atomic E-state index is 14.1. The van der Waals surface area contributed by atoms with Crippen LogP contribution in [0, 0.1) is 5.92 Å². The molecule has 42 heavy (non-hydrogen) atoms. The van der Waals surface area contributed by atoms with Gasteiger partial charge in [-0.3, -0.25) is 9.10 Å². The molecular formula is C32H34N2O7S. The molecule has 10 heteroatoms. The van der Waals surface area contributed by atoms with E-state index in [4.69, 9.17) is 14.2 Å². The Morgan fingerprint density at radius 1 is 0.905 bits per heavy atom. The summed E-state index contributed by atoms with van der Waals surface area (Å²) in [6.07, 6.45) is 0. The number of nitrogens with one attached hydrogen (secondary N) is 1. The van der Waals surface area contributed by atoms with Crippen LogP contribution in [-0.2, 0) is 10.0 Å². The van der Waals surface area contributed by atoms with Gasteiger partial charge in [-0.2, -0.15) is 0 Å². The number of sulfonamides is 1. The van der Waals surface area contributed by atoms with Crippen LogP contribution < -0.4 is 23.8 Å². The normalized spacial score (nSPS) is 11.2. The van der Waals surface area contributed by atoms with E-state index in [9.17, 15) is 18.3 Å². The van der Waals surface area contributed by atoms with Crippen LogP contribution in [0.4, 0.5) is 11.4 Å². The molecule has 0 fully saturated rings. The number of para-hydroxylation sites is 1. The quantitative estimate of drug-likeness (QED) is 0.197. The van der Waals surface area contributed by atoms with Crippen molar-refractivity contribution in [1.82, 2.24) is 0 Å². The van der Waals surface area contributed by atoms with Crippen molar-refractivity contribution in [3.63, 3.8) is 0 Å². The Kier molecular flexibility index (Phi) is 10.1. The largest absolute Gasteiger partial charge is 0.497 e. The summed E-state index contributed by atoms with van der Waals surface area (Å²) in [6.45, 7) is 3.44. The van der Waals surface area contributed by atoms with Crippen LogP contribution in [0.3, 0.4) is 0 Å². The number of carbonyl (C=O) groups is 1. The van der Waals surface area contributed by atoms with Gasteiger partial charge in [0.2, 0.25) is 0 Å². The Labute approximate surface area is 246 Å². The summed E-state index contributed by atoms with van der Waals surface area (Å²) in [5, 5.41) is 12.4. The van der Waals surface area contributed by atoms with Gasteiger partial charge < -0.3 is 24.6 Å². The highest BCUT2D eigenvalue weighted by Crippen LogP contribution is 2.44. The Bertz CT molecular complexity index is 1590. The molecule has 0 aliphatic carbocycles. The first-order chi connectivity index (χ1) is 20.2. The number of aliphatic hydroxyl groups excluding tert-OH is 1. The molecule has 4 aromatic rings. The van der Waals surface area contributed by atoms with Crippen molar-refractivity contribution < 1.29 is 32.5 Å². The minimum absolute atomic E-state index is 0.0631. The van der Waals surface area contributed by atoms with Gasteiger partial charge >= 0.3 is 0 Å². The summed E-state index contributed by atoms with van der Waals surface area (Å²) in [7, 11) is -2.60. The molecule has 0 aromatic heterocycles. The van der Waals surface area contributed by atoms with Gasteiger partial charge in [-0.05, 0) is 54.4 Å². The van der Waals surface area contributed by atoms with E-state index in [2.05, 4.69) is 5.32 Å². The fourth-order valence-electron chi connectivity index (χ4n) is 4.15. The van der Waals surface area contributed by atoms with Crippen molar-refractivity contribution in [2.75, 3.05) is 36.5 Å². The zero-order chi connectivity index (χ0) is 30.1. The second-order valence-electron chi connectivity index (χ2n) is 9.74. The molecule has 4 rings (SSSR count). The van der Waals surface area contributed by atoms with E-state index in [-0.39, 0.29) is 53.3 Å². The molecule has 220 valence electrons. The number of hydrogen-bond acceptors (Lipinski definition) is 7. The maximum Gasteiger partial charge on any atom is 0.264 e. The lowest BCUT2D eigenvalue weighted by molar-refractivity contribution is 0.102. The molecule has 0 aliphatic rings. The number of methoxy groups -OCH3 is 1. The average molecular weight is 591 g/mol. The Morgan fingerprint density at radius 3 is 2.21 bits per heavy atom. The molecule has 0 bridgehead atoms. The summed E-state index contributed by atoms with van der Waals surface area (Å²) < 4.78 is 47.0. The summed E-state index contributed by atoms with van der Waals surface area (Å²) in [4.78, 5) is 13.5.